The molecule has 2 saturated carbocycles. The highest BCUT2D eigenvalue weighted by Gasteiger charge is 2.34. The summed E-state index contributed by atoms with van der Waals surface area (Å²) in [4.78, 5) is 46.9. The second-order valence-corrected chi connectivity index (χ2v) is 12.0. The number of halogens is 4. The lowest BCUT2D eigenvalue weighted by Gasteiger charge is -2.28. The Morgan fingerprint density at radius 3 is 2.57 bits per heavy atom. The van der Waals surface area contributed by atoms with E-state index in [2.05, 4.69) is 26.7 Å². The van der Waals surface area contributed by atoms with E-state index in [0.717, 1.165) is 61.1 Å². The monoisotopic (exact) mass is 657 g/mol. The van der Waals surface area contributed by atoms with Crippen molar-refractivity contribution in [3.63, 3.8) is 0 Å². The molecule has 2 fully saturated rings. The number of fused-ring (bicyclic) bond motifs is 1. The molecule has 0 bridgehead atoms. The number of alkyl halides is 3. The molecule has 3 aliphatic carbocycles. The zero-order chi connectivity index (χ0) is 32.8. The summed E-state index contributed by atoms with van der Waals surface area (Å²) in [5, 5.41) is 7.01. The van der Waals surface area contributed by atoms with Crippen molar-refractivity contribution >= 4 is 52.7 Å². The molecule has 14 heteroatoms. The highest BCUT2D eigenvalue weighted by Crippen LogP contribution is 2.42. The van der Waals surface area contributed by atoms with Crippen LogP contribution in [0.5, 0.6) is 0 Å². The maximum Gasteiger partial charge on any atom is 0.406 e. The van der Waals surface area contributed by atoms with Crippen molar-refractivity contribution < 1.29 is 27.6 Å². The van der Waals surface area contributed by atoms with Crippen molar-refractivity contribution in [3.05, 3.63) is 71.3 Å². The number of allylic oxidation sites excluding steroid dienone is 4. The molecule has 0 atom stereocenters. The number of amides is 3. The number of rotatable bonds is 10. The van der Waals surface area contributed by atoms with E-state index in [1.165, 1.54) is 0 Å². The van der Waals surface area contributed by atoms with Crippen molar-refractivity contribution in [1.29, 1.82) is 0 Å². The fourth-order valence-corrected chi connectivity index (χ4v) is 5.10. The third-order valence-corrected chi connectivity index (χ3v) is 7.88. The Morgan fingerprint density at radius 1 is 1.17 bits per heavy atom. The molecule has 3 aliphatic rings. The minimum Gasteiger partial charge on any atom is -0.379 e. The first kappa shape index (κ1) is 33.0. The maximum absolute atomic E-state index is 13.0. The minimum atomic E-state index is -4.58. The van der Waals surface area contributed by atoms with Gasteiger partial charge in [-0.1, -0.05) is 23.8 Å². The highest BCUT2D eigenvalue weighted by molar-refractivity contribution is 6.29. The van der Waals surface area contributed by atoms with Crippen LogP contribution in [0, 0.1) is 5.92 Å². The molecule has 2 N–H and O–H groups in total. The Morgan fingerprint density at radius 2 is 1.96 bits per heavy atom. The Balaban J connectivity index is 0.000000527. The van der Waals surface area contributed by atoms with E-state index in [1.807, 2.05) is 18.3 Å². The zero-order valence-corrected chi connectivity index (χ0v) is 26.0. The van der Waals surface area contributed by atoms with Gasteiger partial charge in [-0.05, 0) is 68.2 Å². The number of nitrogens with one attached hydrogen (secondary N) is 2. The first-order chi connectivity index (χ1) is 22.0. The fourth-order valence-electron chi connectivity index (χ4n) is 4.92. The fraction of sp³-hybridized carbons (Fsp3) is 0.406. The van der Waals surface area contributed by atoms with E-state index in [0.29, 0.717) is 34.0 Å². The van der Waals surface area contributed by atoms with Crippen LogP contribution < -0.4 is 15.5 Å². The number of nitrogens with zero attached hydrogens (tertiary/aromatic N) is 5. The normalized spacial score (nSPS) is 15.8. The molecular weight excluding hydrogens is 623 g/mol. The molecule has 6 rings (SSSR count). The van der Waals surface area contributed by atoms with E-state index >= 15 is 0 Å². The molecule has 3 aromatic rings. The number of imidazole rings is 1. The smallest absolute Gasteiger partial charge is 0.379 e. The van der Waals surface area contributed by atoms with Gasteiger partial charge in [-0.15, -0.1) is 0 Å². The van der Waals surface area contributed by atoms with Crippen LogP contribution in [0.4, 0.5) is 35.2 Å². The van der Waals surface area contributed by atoms with Crippen molar-refractivity contribution in [3.8, 4) is 0 Å². The first-order valence-corrected chi connectivity index (χ1v) is 15.4. The molecular formula is C32H35ClF3N7O3. The molecule has 0 radical (unpaired) electrons. The van der Waals surface area contributed by atoms with Gasteiger partial charge in [0.15, 0.2) is 5.65 Å². The molecule has 0 aliphatic heterocycles. The van der Waals surface area contributed by atoms with Gasteiger partial charge in [0.05, 0.1) is 24.5 Å². The lowest BCUT2D eigenvalue weighted by atomic mass is 10.1. The van der Waals surface area contributed by atoms with Crippen LogP contribution in [0.3, 0.4) is 0 Å². The maximum atomic E-state index is 13.0. The molecule has 244 valence electrons. The van der Waals surface area contributed by atoms with Gasteiger partial charge in [-0.25, -0.2) is 14.8 Å². The average Bonchev–Trinajstić information content (AvgIpc) is 3.95. The number of hydrogen-bond acceptors (Lipinski definition) is 6. The SMILES string of the molecule is CN(CC(F)(F)F)C(=O)N(CC=O)c1cc(C2CC2)cn2cc(CNc3ccnc(NC(=O)C4CC4)c3)nc12.ClC1=CC=CCC1. The Bertz CT molecular complexity index is 1650. The lowest BCUT2D eigenvalue weighted by Crippen LogP contribution is -2.46. The zero-order valence-electron chi connectivity index (χ0n) is 25.3. The third-order valence-electron chi connectivity index (χ3n) is 7.57. The third kappa shape index (κ3) is 9.09. The number of carbonyl (C=O) groups excluding carboxylic acids is 3. The van der Waals surface area contributed by atoms with Gasteiger partial charge < -0.3 is 24.7 Å². The van der Waals surface area contributed by atoms with Gasteiger partial charge in [0.25, 0.3) is 0 Å². The molecule has 10 nitrogen and oxygen atoms in total. The molecule has 0 unspecified atom stereocenters. The van der Waals surface area contributed by atoms with Crippen LogP contribution in [0.1, 0.15) is 55.7 Å². The van der Waals surface area contributed by atoms with E-state index in [-0.39, 0.29) is 30.0 Å². The number of hydrogen-bond donors (Lipinski definition) is 2. The van der Waals surface area contributed by atoms with E-state index in [9.17, 15) is 27.6 Å². The minimum absolute atomic E-state index is 0.0469. The van der Waals surface area contributed by atoms with Gasteiger partial charge in [0.1, 0.15) is 18.6 Å². The summed E-state index contributed by atoms with van der Waals surface area (Å²) in [5.74, 6) is 0.720. The predicted octanol–water partition coefficient (Wildman–Crippen LogP) is 6.65. The topological polar surface area (TPSA) is 112 Å². The molecule has 3 aromatic heterocycles. The Hall–Kier alpha value is -4.39. The average molecular weight is 658 g/mol. The van der Waals surface area contributed by atoms with Crippen LogP contribution in [0.2, 0.25) is 0 Å². The van der Waals surface area contributed by atoms with Crippen LogP contribution in [-0.4, -0.2) is 63.8 Å². The number of carbonyl (C=O) groups is 3. The van der Waals surface area contributed by atoms with Gasteiger partial charge in [0, 0.05) is 48.3 Å². The molecule has 0 aromatic carbocycles. The summed E-state index contributed by atoms with van der Waals surface area (Å²) in [7, 11) is 1.05. The summed E-state index contributed by atoms with van der Waals surface area (Å²) in [6.07, 6.45) is 13.0. The van der Waals surface area contributed by atoms with E-state index in [4.69, 9.17) is 11.6 Å². The van der Waals surface area contributed by atoms with Crippen LogP contribution in [-0.2, 0) is 16.1 Å². The summed E-state index contributed by atoms with van der Waals surface area (Å²) >= 11 is 5.63. The number of pyridine rings is 2. The van der Waals surface area contributed by atoms with Crippen LogP contribution >= 0.6 is 11.6 Å². The Labute approximate surface area is 269 Å². The van der Waals surface area contributed by atoms with Crippen LogP contribution in [0.15, 0.2) is 60.0 Å². The molecule has 3 heterocycles. The van der Waals surface area contributed by atoms with Crippen molar-refractivity contribution in [2.45, 2.75) is 57.2 Å². The van der Waals surface area contributed by atoms with Gasteiger partial charge in [-0.3, -0.25) is 9.69 Å². The quantitative estimate of drug-likeness (QED) is 0.236. The van der Waals surface area contributed by atoms with Gasteiger partial charge >= 0.3 is 12.2 Å². The number of aromatic nitrogens is 3. The second-order valence-electron chi connectivity index (χ2n) is 11.6. The summed E-state index contributed by atoms with van der Waals surface area (Å²) in [6, 6.07) is 4.25. The van der Waals surface area contributed by atoms with Crippen molar-refractivity contribution in [1.82, 2.24) is 19.3 Å². The lowest BCUT2D eigenvalue weighted by molar-refractivity contribution is -0.137. The molecule has 46 heavy (non-hydrogen) atoms. The molecule has 0 spiro atoms. The van der Waals surface area contributed by atoms with E-state index in [1.54, 1.807) is 35.0 Å². The van der Waals surface area contributed by atoms with Crippen molar-refractivity contribution in [2.75, 3.05) is 35.7 Å². The summed E-state index contributed by atoms with van der Waals surface area (Å²) in [5.41, 5.74) is 2.84. The standard InChI is InChI=1S/C26H28F3N7O3.C6H7Cl/c1-34(15-26(27,28)29)25(39)36(8-9-37)21-10-18(16-2-3-16)13-35-14-20(32-23(21)35)12-31-19-6-7-30-22(11-19)33-24(38)17-4-5-17;7-6-4-2-1-3-5-6/h6-7,9-11,13-14,16-17H,2-5,8,12,15H2,1H3,(H2,30,31,33,38);1-2,4H,3,5H2. The van der Waals surface area contributed by atoms with E-state index < -0.39 is 25.3 Å². The highest BCUT2D eigenvalue weighted by atomic mass is 35.5. The summed E-state index contributed by atoms with van der Waals surface area (Å²) in [6.45, 7) is -1.58. The summed E-state index contributed by atoms with van der Waals surface area (Å²) < 4.78 is 40.7. The van der Waals surface area contributed by atoms with Gasteiger partial charge in [-0.2, -0.15) is 13.2 Å². The Kier molecular flexibility index (Phi) is 10.3. The largest absolute Gasteiger partial charge is 0.406 e. The first-order valence-electron chi connectivity index (χ1n) is 15.1. The van der Waals surface area contributed by atoms with Gasteiger partial charge in [0.2, 0.25) is 5.91 Å². The van der Waals surface area contributed by atoms with Crippen LogP contribution in [0.25, 0.3) is 5.65 Å². The van der Waals surface area contributed by atoms with Crippen molar-refractivity contribution in [2.24, 2.45) is 5.92 Å². The number of urea groups is 1. The predicted molar refractivity (Wildman–Crippen MR) is 170 cm³/mol. The second kappa shape index (κ2) is 14.4. The molecule has 0 saturated heterocycles. The molecule has 3 amide bonds. The number of anilines is 3. The number of aldehydes is 1.